The van der Waals surface area contributed by atoms with Crippen LogP contribution in [0, 0.1) is 5.92 Å². The number of aliphatic carboxylic acids is 1. The van der Waals surface area contributed by atoms with E-state index in [1.807, 2.05) is 11.0 Å². The van der Waals surface area contributed by atoms with Crippen LogP contribution < -0.4 is 4.90 Å². The van der Waals surface area contributed by atoms with Crippen LogP contribution in [0.15, 0.2) is 18.5 Å². The number of carbonyl (C=O) groups is 2. The summed E-state index contributed by atoms with van der Waals surface area (Å²) < 4.78 is 5.98. The predicted molar refractivity (Wildman–Crippen MR) is 113 cm³/mol. The predicted octanol–water partition coefficient (Wildman–Crippen LogP) is 1.98. The highest BCUT2D eigenvalue weighted by atomic mass is 16.6. The van der Waals surface area contributed by atoms with Crippen LogP contribution in [0.3, 0.4) is 0 Å². The van der Waals surface area contributed by atoms with Crippen molar-refractivity contribution in [2.75, 3.05) is 31.1 Å². The maximum Gasteiger partial charge on any atom is 0.410 e. The first-order valence-corrected chi connectivity index (χ1v) is 11.6. The van der Waals surface area contributed by atoms with Crippen molar-refractivity contribution in [3.05, 3.63) is 18.5 Å². The number of amides is 1. The van der Waals surface area contributed by atoms with E-state index in [0.29, 0.717) is 12.8 Å². The van der Waals surface area contributed by atoms with E-state index >= 15 is 0 Å². The summed E-state index contributed by atoms with van der Waals surface area (Å²) in [6.45, 7) is 3.34. The van der Waals surface area contributed by atoms with Gasteiger partial charge in [-0.3, -0.25) is 14.6 Å². The first-order chi connectivity index (χ1) is 15.1. The van der Waals surface area contributed by atoms with Gasteiger partial charge in [-0.1, -0.05) is 0 Å². The molecule has 4 fully saturated rings. The van der Waals surface area contributed by atoms with Crippen molar-refractivity contribution in [3.8, 4) is 0 Å². The number of carbonyl (C=O) groups excluding carboxylic acids is 1. The minimum absolute atomic E-state index is 0.0925. The minimum atomic E-state index is -0.687. The molecule has 0 radical (unpaired) electrons. The minimum Gasteiger partial charge on any atom is -0.481 e. The van der Waals surface area contributed by atoms with Gasteiger partial charge in [-0.25, -0.2) is 4.79 Å². The summed E-state index contributed by atoms with van der Waals surface area (Å²) >= 11 is 0. The van der Waals surface area contributed by atoms with Crippen molar-refractivity contribution < 1.29 is 19.4 Å². The smallest absolute Gasteiger partial charge is 0.410 e. The topological polar surface area (TPSA) is 99.1 Å². The average Bonchev–Trinajstić information content (AvgIpc) is 3.15. The second-order valence-corrected chi connectivity index (χ2v) is 9.29. The van der Waals surface area contributed by atoms with Gasteiger partial charge in [-0.05, 0) is 64.1 Å². The van der Waals surface area contributed by atoms with Crippen LogP contribution in [-0.2, 0) is 9.53 Å². The molecule has 1 amide bonds. The van der Waals surface area contributed by atoms with Gasteiger partial charge >= 0.3 is 12.1 Å². The lowest BCUT2D eigenvalue weighted by Crippen LogP contribution is -2.56. The van der Waals surface area contributed by atoms with Gasteiger partial charge < -0.3 is 14.7 Å². The summed E-state index contributed by atoms with van der Waals surface area (Å²) in [6.07, 6.45) is 9.57. The number of aromatic nitrogens is 2. The van der Waals surface area contributed by atoms with Gasteiger partial charge in [0.2, 0.25) is 0 Å². The summed E-state index contributed by atoms with van der Waals surface area (Å²) in [4.78, 5) is 31.0. The van der Waals surface area contributed by atoms with E-state index in [2.05, 4.69) is 20.0 Å². The molecule has 4 heterocycles. The largest absolute Gasteiger partial charge is 0.481 e. The van der Waals surface area contributed by atoms with E-state index in [1.54, 1.807) is 12.4 Å². The van der Waals surface area contributed by atoms with Crippen LogP contribution in [0.5, 0.6) is 0 Å². The lowest BCUT2D eigenvalue weighted by molar-refractivity contribution is -0.143. The number of carboxylic acid groups (broad SMARTS) is 1. The Kier molecular flexibility index (Phi) is 5.69. The fourth-order valence-electron chi connectivity index (χ4n) is 6.05. The first-order valence-electron chi connectivity index (χ1n) is 11.6. The number of likely N-dealkylation sites (tertiary alicyclic amines) is 1. The zero-order valence-electron chi connectivity index (χ0n) is 17.8. The molecule has 1 aromatic rings. The molecule has 3 unspecified atom stereocenters. The Morgan fingerprint density at radius 3 is 2.42 bits per heavy atom. The number of piperidine rings is 2. The van der Waals surface area contributed by atoms with Crippen LogP contribution >= 0.6 is 0 Å². The zero-order chi connectivity index (χ0) is 21.4. The monoisotopic (exact) mass is 429 g/mol. The fourth-order valence-corrected chi connectivity index (χ4v) is 6.05. The van der Waals surface area contributed by atoms with E-state index in [4.69, 9.17) is 4.74 Å². The Morgan fingerprint density at radius 1 is 1.00 bits per heavy atom. The van der Waals surface area contributed by atoms with Crippen LogP contribution in [0.1, 0.15) is 44.9 Å². The standard InChI is InChI=1S/C22H31N5O4/c28-21(29)15-5-10-26(11-6-15)18-2-1-3-19-20(18)31-22(30)27(19)16-7-12-25(13-8-16)17-4-9-23-24-14-17/h4,9,14-16,18-20H,1-3,5-8,10-13H2,(H,28,29). The van der Waals surface area contributed by atoms with Crippen LogP contribution in [0.4, 0.5) is 10.5 Å². The molecule has 1 N–H and O–H groups in total. The number of hydrogen-bond donors (Lipinski definition) is 1. The maximum absolute atomic E-state index is 12.9. The number of rotatable bonds is 4. The average molecular weight is 430 g/mol. The summed E-state index contributed by atoms with van der Waals surface area (Å²) in [7, 11) is 0. The van der Waals surface area contributed by atoms with Crippen molar-refractivity contribution in [2.45, 2.75) is 69.2 Å². The summed E-state index contributed by atoms with van der Waals surface area (Å²) in [5.41, 5.74) is 1.08. The third-order valence-corrected chi connectivity index (χ3v) is 7.70. The highest BCUT2D eigenvalue weighted by Crippen LogP contribution is 2.38. The van der Waals surface area contributed by atoms with Gasteiger partial charge in [-0.15, -0.1) is 0 Å². The normalized spacial score (nSPS) is 30.8. The molecule has 5 rings (SSSR count). The fraction of sp³-hybridized carbons (Fsp3) is 0.727. The quantitative estimate of drug-likeness (QED) is 0.776. The maximum atomic E-state index is 12.9. The van der Waals surface area contributed by atoms with Crippen LogP contribution in [0.2, 0.25) is 0 Å². The van der Waals surface area contributed by atoms with Crippen molar-refractivity contribution in [2.24, 2.45) is 5.92 Å². The molecule has 1 aliphatic carbocycles. The number of carboxylic acids is 1. The molecule has 0 bridgehead atoms. The van der Waals surface area contributed by atoms with Crippen LogP contribution in [-0.4, -0.2) is 87.6 Å². The van der Waals surface area contributed by atoms with Gasteiger partial charge in [0, 0.05) is 25.2 Å². The Hall–Kier alpha value is -2.42. The molecule has 3 atom stereocenters. The van der Waals surface area contributed by atoms with Crippen molar-refractivity contribution in [1.29, 1.82) is 0 Å². The summed E-state index contributed by atoms with van der Waals surface area (Å²) in [5.74, 6) is -0.924. The lowest BCUT2D eigenvalue weighted by atomic mass is 9.84. The molecule has 3 saturated heterocycles. The van der Waals surface area contributed by atoms with E-state index < -0.39 is 5.97 Å². The first kappa shape index (κ1) is 20.5. The van der Waals surface area contributed by atoms with E-state index in [-0.39, 0.29) is 36.2 Å². The molecule has 0 spiro atoms. The van der Waals surface area contributed by atoms with E-state index in [9.17, 15) is 14.7 Å². The molecule has 4 aliphatic rings. The Bertz CT molecular complexity index is 792. The lowest BCUT2D eigenvalue weighted by Gasteiger charge is -2.44. The third-order valence-electron chi connectivity index (χ3n) is 7.70. The molecule has 3 aliphatic heterocycles. The van der Waals surface area contributed by atoms with Crippen molar-refractivity contribution >= 4 is 17.7 Å². The van der Waals surface area contributed by atoms with Crippen molar-refractivity contribution in [3.63, 3.8) is 0 Å². The number of ether oxygens (including phenoxy) is 1. The van der Waals surface area contributed by atoms with Gasteiger partial charge in [-0.2, -0.15) is 10.2 Å². The van der Waals surface area contributed by atoms with Gasteiger partial charge in [0.25, 0.3) is 0 Å². The molecule has 0 aromatic carbocycles. The number of fused-ring (bicyclic) bond motifs is 1. The molecular weight excluding hydrogens is 398 g/mol. The molecule has 9 nitrogen and oxygen atoms in total. The highest BCUT2D eigenvalue weighted by Gasteiger charge is 2.51. The summed E-state index contributed by atoms with van der Waals surface area (Å²) in [6, 6.07) is 2.55. The highest BCUT2D eigenvalue weighted by molar-refractivity contribution is 5.71. The Morgan fingerprint density at radius 2 is 1.74 bits per heavy atom. The Balaban J connectivity index is 1.22. The second-order valence-electron chi connectivity index (χ2n) is 9.29. The van der Waals surface area contributed by atoms with E-state index in [0.717, 1.165) is 64.0 Å². The Labute approximate surface area is 182 Å². The van der Waals surface area contributed by atoms with Crippen LogP contribution in [0.25, 0.3) is 0 Å². The SMILES string of the molecule is O=C(O)C1CCN(C2CCCC3C2OC(=O)N3C2CCN(c3ccnnc3)CC2)CC1. The van der Waals surface area contributed by atoms with E-state index in [1.165, 1.54) is 0 Å². The number of hydrogen-bond acceptors (Lipinski definition) is 7. The number of anilines is 1. The molecule has 168 valence electrons. The summed E-state index contributed by atoms with van der Waals surface area (Å²) in [5, 5.41) is 17.1. The third kappa shape index (κ3) is 3.95. The van der Waals surface area contributed by atoms with Gasteiger partial charge in [0.15, 0.2) is 0 Å². The number of nitrogens with zero attached hydrogens (tertiary/aromatic N) is 5. The van der Waals surface area contributed by atoms with Crippen molar-refractivity contribution in [1.82, 2.24) is 20.0 Å². The molecule has 1 aromatic heterocycles. The van der Waals surface area contributed by atoms with Gasteiger partial charge in [0.05, 0.1) is 30.0 Å². The van der Waals surface area contributed by atoms with Gasteiger partial charge in [0.1, 0.15) is 6.10 Å². The zero-order valence-corrected chi connectivity index (χ0v) is 17.8. The molecule has 1 saturated carbocycles. The second kappa shape index (κ2) is 8.61. The molecular formula is C22H31N5O4. The molecule has 9 heteroatoms. The molecule has 31 heavy (non-hydrogen) atoms.